The Bertz CT molecular complexity index is 1280. The van der Waals surface area contributed by atoms with Gasteiger partial charge in [0.1, 0.15) is 6.54 Å². The predicted molar refractivity (Wildman–Crippen MR) is 151 cm³/mol. The number of ether oxygens (including phenoxy) is 2. The fourth-order valence-electron chi connectivity index (χ4n) is 4.96. The van der Waals surface area contributed by atoms with Gasteiger partial charge in [0.05, 0.1) is 13.7 Å². The Morgan fingerprint density at radius 2 is 1.87 bits per heavy atom. The Hall–Kier alpha value is -3.68. The van der Waals surface area contributed by atoms with Gasteiger partial charge in [-0.05, 0) is 49.6 Å². The number of fused-ring (bicyclic) bond motifs is 1. The van der Waals surface area contributed by atoms with Gasteiger partial charge in [0.2, 0.25) is 5.91 Å². The maximum absolute atomic E-state index is 13.6. The first kappa shape index (κ1) is 27.4. The largest absolute Gasteiger partial charge is 0.493 e. The van der Waals surface area contributed by atoms with Crippen molar-refractivity contribution in [2.24, 2.45) is 0 Å². The molecule has 1 aliphatic rings. The minimum absolute atomic E-state index is 0.0192. The monoisotopic (exact) mass is 520 g/mol. The van der Waals surface area contributed by atoms with Gasteiger partial charge < -0.3 is 23.8 Å². The average molecular weight is 521 g/mol. The number of carbonyl (C=O) groups is 2. The predicted octanol–water partition coefficient (Wildman–Crippen LogP) is 5.45. The molecule has 8 nitrogen and oxygen atoms in total. The summed E-state index contributed by atoms with van der Waals surface area (Å²) in [6, 6.07) is 13.9. The van der Waals surface area contributed by atoms with E-state index in [0.717, 1.165) is 53.5 Å². The molecular weight excluding hydrogens is 480 g/mol. The van der Waals surface area contributed by atoms with Crippen LogP contribution in [-0.4, -0.2) is 67.2 Å². The summed E-state index contributed by atoms with van der Waals surface area (Å²) < 4.78 is 13.6. The molecule has 38 heavy (non-hydrogen) atoms. The van der Waals surface area contributed by atoms with Crippen LogP contribution in [0.5, 0.6) is 11.5 Å². The molecule has 1 aliphatic heterocycles. The number of methoxy groups -OCH3 is 1. The summed E-state index contributed by atoms with van der Waals surface area (Å²) in [6.45, 7) is 6.96. The van der Waals surface area contributed by atoms with Crippen LogP contribution in [0.25, 0.3) is 10.9 Å². The van der Waals surface area contributed by atoms with E-state index < -0.39 is 0 Å². The van der Waals surface area contributed by atoms with E-state index in [0.29, 0.717) is 44.3 Å². The summed E-state index contributed by atoms with van der Waals surface area (Å²) in [5.74, 6) is 1.39. The van der Waals surface area contributed by atoms with Crippen molar-refractivity contribution in [3.8, 4) is 11.5 Å². The van der Waals surface area contributed by atoms with E-state index in [4.69, 9.17) is 9.47 Å². The quantitative estimate of drug-likeness (QED) is 0.316. The molecule has 204 valence electrons. The molecule has 3 amide bonds. The highest BCUT2D eigenvalue weighted by Gasteiger charge is 2.28. The minimum atomic E-state index is -0.0192. The third-order valence-electron chi connectivity index (χ3n) is 7.17. The molecule has 0 radical (unpaired) electrons. The Labute approximate surface area is 225 Å². The zero-order chi connectivity index (χ0) is 27.2. The first-order valence-corrected chi connectivity index (χ1v) is 13.5. The maximum atomic E-state index is 13.6. The van der Waals surface area contributed by atoms with Gasteiger partial charge in [0.25, 0.3) is 0 Å². The standard InChI is InChI=1S/C30H40N4O4/c1-6-7-8-17-38-28-19-24(13-14-27(28)37-5)33-16-10-15-32(30(33)36)20-23-11-9-12-26-25(23)18-22(2)34(26)21-29(35)31(3)4/h9,11-14,18-19H,6-8,10,15-17,20-21H2,1-5H3. The molecule has 1 aromatic heterocycles. The number of aryl methyl sites for hydroxylation is 1. The number of benzene rings is 2. The van der Waals surface area contributed by atoms with Gasteiger partial charge in [-0.3, -0.25) is 9.69 Å². The molecule has 0 atom stereocenters. The molecule has 8 heteroatoms. The number of aromatic nitrogens is 1. The Morgan fingerprint density at radius 1 is 1.05 bits per heavy atom. The van der Waals surface area contributed by atoms with Crippen molar-refractivity contribution in [1.82, 2.24) is 14.4 Å². The highest BCUT2D eigenvalue weighted by molar-refractivity contribution is 5.94. The molecular formula is C30H40N4O4. The van der Waals surface area contributed by atoms with Crippen molar-refractivity contribution >= 4 is 28.5 Å². The number of urea groups is 1. The van der Waals surface area contributed by atoms with Crippen molar-refractivity contribution in [1.29, 1.82) is 0 Å². The molecule has 2 heterocycles. The van der Waals surface area contributed by atoms with Crippen molar-refractivity contribution in [3.63, 3.8) is 0 Å². The summed E-state index contributed by atoms with van der Waals surface area (Å²) in [7, 11) is 5.17. The molecule has 0 saturated carbocycles. The fourth-order valence-corrected chi connectivity index (χ4v) is 4.96. The number of hydrogen-bond acceptors (Lipinski definition) is 4. The lowest BCUT2D eigenvalue weighted by molar-refractivity contribution is -0.129. The molecule has 0 unspecified atom stereocenters. The number of carbonyl (C=O) groups excluding carboxylic acids is 2. The van der Waals surface area contributed by atoms with Gasteiger partial charge in [-0.1, -0.05) is 31.9 Å². The van der Waals surface area contributed by atoms with Gasteiger partial charge in [-0.2, -0.15) is 0 Å². The molecule has 0 spiro atoms. The van der Waals surface area contributed by atoms with Gasteiger partial charge >= 0.3 is 6.03 Å². The third-order valence-corrected chi connectivity index (χ3v) is 7.17. The first-order valence-electron chi connectivity index (χ1n) is 13.5. The topological polar surface area (TPSA) is 67.2 Å². The van der Waals surface area contributed by atoms with E-state index in [2.05, 4.69) is 19.1 Å². The van der Waals surface area contributed by atoms with Crippen LogP contribution in [0.3, 0.4) is 0 Å². The van der Waals surface area contributed by atoms with Crippen LogP contribution < -0.4 is 14.4 Å². The van der Waals surface area contributed by atoms with Crippen LogP contribution in [0.15, 0.2) is 42.5 Å². The van der Waals surface area contributed by atoms with E-state index >= 15 is 0 Å². The summed E-state index contributed by atoms with van der Waals surface area (Å²) in [6.07, 6.45) is 4.10. The van der Waals surface area contributed by atoms with Crippen LogP contribution in [-0.2, 0) is 17.9 Å². The minimum Gasteiger partial charge on any atom is -0.493 e. The molecule has 0 bridgehead atoms. The molecule has 1 fully saturated rings. The lowest BCUT2D eigenvalue weighted by Gasteiger charge is -2.36. The van der Waals surface area contributed by atoms with Gasteiger partial charge in [-0.15, -0.1) is 0 Å². The highest BCUT2D eigenvalue weighted by Crippen LogP contribution is 2.34. The van der Waals surface area contributed by atoms with E-state index in [1.54, 1.807) is 26.1 Å². The van der Waals surface area contributed by atoms with E-state index in [1.165, 1.54) is 0 Å². The number of unbranched alkanes of at least 4 members (excludes halogenated alkanes) is 2. The Balaban J connectivity index is 1.54. The second kappa shape index (κ2) is 12.2. The molecule has 0 N–H and O–H groups in total. The van der Waals surface area contributed by atoms with Gasteiger partial charge in [-0.25, -0.2) is 4.79 Å². The Kier molecular flexibility index (Phi) is 8.81. The zero-order valence-electron chi connectivity index (χ0n) is 23.3. The van der Waals surface area contributed by atoms with E-state index in [1.807, 2.05) is 51.6 Å². The molecule has 2 aromatic carbocycles. The van der Waals surface area contributed by atoms with Crippen LogP contribution in [0.1, 0.15) is 43.9 Å². The second-order valence-corrected chi connectivity index (χ2v) is 10.1. The molecule has 3 aromatic rings. The van der Waals surface area contributed by atoms with Crippen LogP contribution in [0, 0.1) is 6.92 Å². The van der Waals surface area contributed by atoms with Crippen molar-refractivity contribution in [2.45, 2.75) is 52.6 Å². The lowest BCUT2D eigenvalue weighted by Crippen LogP contribution is -2.49. The average Bonchev–Trinajstić information content (AvgIpc) is 3.23. The van der Waals surface area contributed by atoms with Crippen molar-refractivity contribution < 1.29 is 19.1 Å². The number of hydrogen-bond donors (Lipinski definition) is 0. The zero-order valence-corrected chi connectivity index (χ0v) is 23.3. The smallest absolute Gasteiger partial charge is 0.324 e. The number of rotatable bonds is 11. The van der Waals surface area contributed by atoms with Crippen LogP contribution in [0.4, 0.5) is 10.5 Å². The normalized spacial score (nSPS) is 13.8. The number of anilines is 1. The summed E-state index contributed by atoms with van der Waals surface area (Å²) in [4.78, 5) is 31.4. The second-order valence-electron chi connectivity index (χ2n) is 10.1. The van der Waals surface area contributed by atoms with Crippen molar-refractivity contribution in [3.05, 3.63) is 53.7 Å². The van der Waals surface area contributed by atoms with Gasteiger partial charge in [0, 0.05) is 62.1 Å². The maximum Gasteiger partial charge on any atom is 0.324 e. The first-order chi connectivity index (χ1) is 18.3. The highest BCUT2D eigenvalue weighted by atomic mass is 16.5. The number of amides is 3. The van der Waals surface area contributed by atoms with Crippen LogP contribution in [0.2, 0.25) is 0 Å². The fraction of sp³-hybridized carbons (Fsp3) is 0.467. The van der Waals surface area contributed by atoms with E-state index in [9.17, 15) is 9.59 Å². The van der Waals surface area contributed by atoms with E-state index in [-0.39, 0.29) is 11.9 Å². The number of nitrogens with zero attached hydrogens (tertiary/aromatic N) is 4. The summed E-state index contributed by atoms with van der Waals surface area (Å²) in [5, 5.41) is 1.08. The summed E-state index contributed by atoms with van der Waals surface area (Å²) >= 11 is 0. The van der Waals surface area contributed by atoms with Crippen molar-refractivity contribution in [2.75, 3.05) is 45.8 Å². The van der Waals surface area contributed by atoms with Crippen LogP contribution >= 0.6 is 0 Å². The number of likely N-dealkylation sites (N-methyl/N-ethyl adjacent to an activating group) is 1. The molecule has 1 saturated heterocycles. The SMILES string of the molecule is CCCCCOc1cc(N2CCCN(Cc3cccc4c3cc(C)n4CC(=O)N(C)C)C2=O)ccc1OC. The van der Waals surface area contributed by atoms with Gasteiger partial charge in [0.15, 0.2) is 11.5 Å². The lowest BCUT2D eigenvalue weighted by atomic mass is 10.1. The molecule has 4 rings (SSSR count). The third kappa shape index (κ3) is 5.90. The Morgan fingerprint density at radius 3 is 2.61 bits per heavy atom. The molecule has 0 aliphatic carbocycles. The summed E-state index contributed by atoms with van der Waals surface area (Å²) in [5.41, 5.74) is 3.93.